The van der Waals surface area contributed by atoms with Gasteiger partial charge in [-0.25, -0.2) is 0 Å². The van der Waals surface area contributed by atoms with Gasteiger partial charge >= 0.3 is 0 Å². The third-order valence-corrected chi connectivity index (χ3v) is 4.15. The van der Waals surface area contributed by atoms with Crippen molar-refractivity contribution in [1.29, 1.82) is 0 Å². The van der Waals surface area contributed by atoms with E-state index < -0.39 is 0 Å². The van der Waals surface area contributed by atoms with Gasteiger partial charge in [0, 0.05) is 16.5 Å². The maximum Gasteiger partial charge on any atom is 0.0624 e. The van der Waals surface area contributed by atoms with Crippen molar-refractivity contribution in [2.24, 2.45) is 0 Å². The highest BCUT2D eigenvalue weighted by Crippen LogP contribution is 2.29. The highest BCUT2D eigenvalue weighted by molar-refractivity contribution is 5.94. The van der Waals surface area contributed by atoms with Crippen LogP contribution in [0.4, 0.5) is 0 Å². The normalized spacial score (nSPS) is 10.4. The molecule has 1 heterocycles. The average Bonchev–Trinajstić information content (AvgIpc) is 3.00. The summed E-state index contributed by atoms with van der Waals surface area (Å²) in [5.74, 6) is 6.68. The van der Waals surface area contributed by atoms with Crippen LogP contribution < -0.4 is 0 Å². The van der Waals surface area contributed by atoms with E-state index in [2.05, 4.69) is 66.2 Å². The summed E-state index contributed by atoms with van der Waals surface area (Å²) in [7, 11) is 0. The summed E-state index contributed by atoms with van der Waals surface area (Å²) in [6.07, 6.45) is 0. The maximum absolute atomic E-state index is 3.53. The Morgan fingerprint density at radius 3 is 2.21 bits per heavy atom. The molecule has 4 aromatic rings. The standard InChI is InChI=1S/C23H17N/c1-17-11-14-19(15-12-17)23-21(16-13-18-7-3-2-4-8-18)20-9-5-6-10-22(20)24-23/h2-12,14-15,24H,1H3. The first-order chi connectivity index (χ1) is 11.8. The molecule has 24 heavy (non-hydrogen) atoms. The summed E-state index contributed by atoms with van der Waals surface area (Å²) < 4.78 is 0. The number of rotatable bonds is 1. The molecular weight excluding hydrogens is 290 g/mol. The Labute approximate surface area is 142 Å². The predicted octanol–water partition coefficient (Wildman–Crippen LogP) is 5.54. The van der Waals surface area contributed by atoms with Crippen molar-refractivity contribution in [2.45, 2.75) is 6.92 Å². The third-order valence-electron chi connectivity index (χ3n) is 4.15. The summed E-state index contributed by atoms with van der Waals surface area (Å²) in [6, 6.07) is 27.0. The van der Waals surface area contributed by atoms with Crippen molar-refractivity contribution in [1.82, 2.24) is 4.98 Å². The van der Waals surface area contributed by atoms with Gasteiger partial charge in [0.2, 0.25) is 0 Å². The second-order valence-corrected chi connectivity index (χ2v) is 5.90. The van der Waals surface area contributed by atoms with Crippen LogP contribution >= 0.6 is 0 Å². The molecule has 0 amide bonds. The second-order valence-electron chi connectivity index (χ2n) is 5.90. The van der Waals surface area contributed by atoms with Crippen molar-refractivity contribution < 1.29 is 0 Å². The lowest BCUT2D eigenvalue weighted by Crippen LogP contribution is -1.83. The van der Waals surface area contributed by atoms with Crippen LogP contribution in [0.1, 0.15) is 16.7 Å². The van der Waals surface area contributed by atoms with Crippen molar-refractivity contribution in [3.8, 4) is 23.1 Å². The van der Waals surface area contributed by atoms with E-state index in [4.69, 9.17) is 0 Å². The molecule has 1 nitrogen and oxygen atoms in total. The van der Waals surface area contributed by atoms with E-state index in [0.29, 0.717) is 0 Å². The molecule has 1 heteroatoms. The van der Waals surface area contributed by atoms with E-state index >= 15 is 0 Å². The molecule has 0 atom stereocenters. The monoisotopic (exact) mass is 307 g/mol. The molecular formula is C23H17N. The number of nitrogens with one attached hydrogen (secondary N) is 1. The number of H-pyrrole nitrogens is 1. The Morgan fingerprint density at radius 2 is 1.42 bits per heavy atom. The molecule has 0 spiro atoms. The van der Waals surface area contributed by atoms with E-state index in [9.17, 15) is 0 Å². The summed E-state index contributed by atoms with van der Waals surface area (Å²) >= 11 is 0. The zero-order valence-corrected chi connectivity index (χ0v) is 13.5. The molecule has 3 aromatic carbocycles. The van der Waals surface area contributed by atoms with E-state index in [1.165, 1.54) is 5.56 Å². The fraction of sp³-hybridized carbons (Fsp3) is 0.0435. The fourth-order valence-corrected chi connectivity index (χ4v) is 2.86. The summed E-state index contributed by atoms with van der Waals surface area (Å²) in [5.41, 5.74) is 6.70. The van der Waals surface area contributed by atoms with E-state index in [-0.39, 0.29) is 0 Å². The van der Waals surface area contributed by atoms with Gasteiger partial charge in [0.05, 0.1) is 11.3 Å². The minimum absolute atomic E-state index is 1.03. The van der Waals surface area contributed by atoms with Crippen LogP contribution in [0.15, 0.2) is 78.9 Å². The molecule has 0 aliphatic carbocycles. The van der Waals surface area contributed by atoms with Gasteiger partial charge in [0.25, 0.3) is 0 Å². The Balaban J connectivity index is 1.91. The molecule has 0 unspecified atom stereocenters. The largest absolute Gasteiger partial charge is 0.353 e. The lowest BCUT2D eigenvalue weighted by Gasteiger charge is -2.01. The van der Waals surface area contributed by atoms with Gasteiger partial charge in [0.15, 0.2) is 0 Å². The van der Waals surface area contributed by atoms with Crippen molar-refractivity contribution in [2.75, 3.05) is 0 Å². The molecule has 1 N–H and O–H groups in total. The Hall–Kier alpha value is -3.24. The SMILES string of the molecule is Cc1ccc(-c2[nH]c3ccccc3c2C#Cc2ccccc2)cc1. The van der Waals surface area contributed by atoms with Gasteiger partial charge < -0.3 is 4.98 Å². The van der Waals surface area contributed by atoms with Crippen LogP contribution in [0.3, 0.4) is 0 Å². The number of aryl methyl sites for hydroxylation is 1. The zero-order valence-electron chi connectivity index (χ0n) is 13.5. The molecule has 0 saturated carbocycles. The molecule has 4 rings (SSSR count). The van der Waals surface area contributed by atoms with E-state index in [0.717, 1.165) is 33.3 Å². The zero-order chi connectivity index (χ0) is 16.4. The third kappa shape index (κ3) is 2.71. The first-order valence-electron chi connectivity index (χ1n) is 8.06. The van der Waals surface area contributed by atoms with Crippen molar-refractivity contribution >= 4 is 10.9 Å². The van der Waals surface area contributed by atoms with Crippen molar-refractivity contribution in [3.63, 3.8) is 0 Å². The molecule has 0 radical (unpaired) electrons. The summed E-state index contributed by atoms with van der Waals surface area (Å²) in [6.45, 7) is 2.10. The Morgan fingerprint density at radius 1 is 0.708 bits per heavy atom. The number of para-hydroxylation sites is 1. The van der Waals surface area contributed by atoms with Gasteiger partial charge in [-0.3, -0.25) is 0 Å². The molecule has 0 saturated heterocycles. The van der Waals surface area contributed by atoms with E-state index in [1.54, 1.807) is 0 Å². The van der Waals surface area contributed by atoms with Gasteiger partial charge in [-0.1, -0.05) is 78.1 Å². The number of hydrogen-bond donors (Lipinski definition) is 1. The number of aromatic nitrogens is 1. The summed E-state index contributed by atoms with van der Waals surface area (Å²) in [5, 5.41) is 1.16. The van der Waals surface area contributed by atoms with Crippen LogP contribution in [0, 0.1) is 18.8 Å². The average molecular weight is 307 g/mol. The van der Waals surface area contributed by atoms with Crippen LogP contribution in [-0.2, 0) is 0 Å². The second kappa shape index (κ2) is 6.10. The van der Waals surface area contributed by atoms with Crippen LogP contribution in [0.25, 0.3) is 22.2 Å². The van der Waals surface area contributed by atoms with Gasteiger partial charge in [-0.15, -0.1) is 0 Å². The quantitative estimate of drug-likeness (QED) is 0.444. The first kappa shape index (κ1) is 14.4. The van der Waals surface area contributed by atoms with Gasteiger partial charge in [0.1, 0.15) is 0 Å². The Kier molecular flexibility index (Phi) is 3.65. The number of hydrogen-bond acceptors (Lipinski definition) is 0. The first-order valence-corrected chi connectivity index (χ1v) is 8.06. The van der Waals surface area contributed by atoms with Crippen LogP contribution in [0.5, 0.6) is 0 Å². The lowest BCUT2D eigenvalue weighted by atomic mass is 10.0. The maximum atomic E-state index is 3.53. The smallest absolute Gasteiger partial charge is 0.0624 e. The van der Waals surface area contributed by atoms with Crippen molar-refractivity contribution in [3.05, 3.63) is 95.6 Å². The molecule has 0 aliphatic rings. The van der Waals surface area contributed by atoms with Gasteiger partial charge in [-0.2, -0.15) is 0 Å². The lowest BCUT2D eigenvalue weighted by molar-refractivity contribution is 1.42. The fourth-order valence-electron chi connectivity index (χ4n) is 2.86. The van der Waals surface area contributed by atoms with Crippen LogP contribution in [-0.4, -0.2) is 4.98 Å². The van der Waals surface area contributed by atoms with Crippen LogP contribution in [0.2, 0.25) is 0 Å². The highest BCUT2D eigenvalue weighted by Gasteiger charge is 2.11. The molecule has 0 bridgehead atoms. The number of aromatic amines is 1. The predicted molar refractivity (Wildman–Crippen MR) is 101 cm³/mol. The van der Waals surface area contributed by atoms with Gasteiger partial charge in [-0.05, 0) is 30.7 Å². The summed E-state index contributed by atoms with van der Waals surface area (Å²) in [4.78, 5) is 3.53. The number of benzene rings is 3. The topological polar surface area (TPSA) is 15.8 Å². The Bertz CT molecular complexity index is 1040. The molecule has 0 fully saturated rings. The van der Waals surface area contributed by atoms with E-state index in [1.807, 2.05) is 36.4 Å². The molecule has 0 aliphatic heterocycles. The number of fused-ring (bicyclic) bond motifs is 1. The highest BCUT2D eigenvalue weighted by atomic mass is 14.7. The minimum atomic E-state index is 1.03. The molecule has 114 valence electrons. The molecule has 1 aromatic heterocycles. The minimum Gasteiger partial charge on any atom is -0.353 e.